The lowest BCUT2D eigenvalue weighted by Gasteiger charge is -2.18. The third-order valence-corrected chi connectivity index (χ3v) is 13.7. The van der Waals surface area contributed by atoms with Gasteiger partial charge in [0.2, 0.25) is 0 Å². The molecule has 0 N–H and O–H groups in total. The summed E-state index contributed by atoms with van der Waals surface area (Å²) in [5.41, 5.74) is 0. The van der Waals surface area contributed by atoms with Gasteiger partial charge in [0.05, 0.1) is 0 Å². The van der Waals surface area contributed by atoms with Gasteiger partial charge in [-0.05, 0) is 128 Å². The molecular formula is C72H120O6. The van der Waals surface area contributed by atoms with Crippen LogP contribution in [-0.4, -0.2) is 37.2 Å². The Labute approximate surface area is 482 Å². The molecule has 0 aliphatic rings. The summed E-state index contributed by atoms with van der Waals surface area (Å²) < 4.78 is 16.8. The smallest absolute Gasteiger partial charge is 0.306 e. The zero-order chi connectivity index (χ0) is 56.4. The Kier molecular flexibility index (Phi) is 61.8. The fraction of sp³-hybridized carbons (Fsp3) is 0.681. The molecule has 0 aromatic heterocycles. The van der Waals surface area contributed by atoms with Gasteiger partial charge in [-0.2, -0.15) is 0 Å². The van der Waals surface area contributed by atoms with Crippen LogP contribution in [0.4, 0.5) is 0 Å². The van der Waals surface area contributed by atoms with Crippen LogP contribution in [-0.2, 0) is 28.6 Å². The molecule has 0 radical (unpaired) electrons. The Morgan fingerprint density at radius 2 is 0.526 bits per heavy atom. The summed E-state index contributed by atoms with van der Waals surface area (Å²) in [6, 6.07) is 0. The van der Waals surface area contributed by atoms with Crippen molar-refractivity contribution in [2.45, 2.75) is 303 Å². The minimum Gasteiger partial charge on any atom is -0.462 e. The predicted molar refractivity (Wildman–Crippen MR) is 339 cm³/mol. The van der Waals surface area contributed by atoms with E-state index in [2.05, 4.69) is 142 Å². The molecule has 0 rings (SSSR count). The number of esters is 3. The molecule has 0 aromatic carbocycles. The molecule has 6 nitrogen and oxygen atoms in total. The number of carbonyl (C=O) groups excluding carboxylic acids is 3. The van der Waals surface area contributed by atoms with E-state index in [-0.39, 0.29) is 31.1 Å². The second-order valence-corrected chi connectivity index (χ2v) is 21.3. The first-order chi connectivity index (χ1) is 38.5. The average Bonchev–Trinajstić information content (AvgIpc) is 3.44. The van der Waals surface area contributed by atoms with Crippen molar-refractivity contribution < 1.29 is 28.6 Å². The number of rotatable bonds is 58. The van der Waals surface area contributed by atoms with E-state index in [4.69, 9.17) is 14.2 Å². The maximum Gasteiger partial charge on any atom is 0.306 e. The number of hydrogen-bond donors (Lipinski definition) is 0. The monoisotopic (exact) mass is 1080 g/mol. The molecule has 78 heavy (non-hydrogen) atoms. The highest BCUT2D eigenvalue weighted by Crippen LogP contribution is 2.16. The highest BCUT2D eigenvalue weighted by Gasteiger charge is 2.19. The van der Waals surface area contributed by atoms with Crippen LogP contribution in [0.3, 0.4) is 0 Å². The summed E-state index contributed by atoms with van der Waals surface area (Å²) in [4.78, 5) is 38.2. The Morgan fingerprint density at radius 3 is 0.846 bits per heavy atom. The maximum absolute atomic E-state index is 12.8. The van der Waals surface area contributed by atoms with E-state index in [0.29, 0.717) is 19.3 Å². The van der Waals surface area contributed by atoms with Crippen LogP contribution in [0.2, 0.25) is 0 Å². The van der Waals surface area contributed by atoms with Gasteiger partial charge >= 0.3 is 17.9 Å². The molecule has 0 fully saturated rings. The first-order valence-corrected chi connectivity index (χ1v) is 32.5. The number of allylic oxidation sites excluding steroid dienone is 20. The summed E-state index contributed by atoms with van der Waals surface area (Å²) in [6.45, 7) is 6.43. The average molecular weight is 1080 g/mol. The molecule has 1 atom stereocenters. The van der Waals surface area contributed by atoms with Gasteiger partial charge in [0.15, 0.2) is 6.10 Å². The van der Waals surface area contributed by atoms with Gasteiger partial charge in [-0.15, -0.1) is 0 Å². The minimum absolute atomic E-state index is 0.0869. The maximum atomic E-state index is 12.8. The van der Waals surface area contributed by atoms with Crippen LogP contribution in [0.25, 0.3) is 0 Å². The van der Waals surface area contributed by atoms with E-state index in [9.17, 15) is 14.4 Å². The molecule has 6 heteroatoms. The van der Waals surface area contributed by atoms with Crippen molar-refractivity contribution in [2.75, 3.05) is 13.2 Å². The highest BCUT2D eigenvalue weighted by atomic mass is 16.6. The normalized spacial score (nSPS) is 12.9. The number of carbonyl (C=O) groups is 3. The first-order valence-electron chi connectivity index (χ1n) is 32.5. The van der Waals surface area contributed by atoms with Gasteiger partial charge in [-0.3, -0.25) is 14.4 Å². The van der Waals surface area contributed by atoms with Crippen LogP contribution < -0.4 is 0 Å². The van der Waals surface area contributed by atoms with Crippen LogP contribution in [0, 0.1) is 0 Å². The molecule has 1 unspecified atom stereocenters. The van der Waals surface area contributed by atoms with Crippen molar-refractivity contribution in [3.8, 4) is 0 Å². The van der Waals surface area contributed by atoms with E-state index >= 15 is 0 Å². The summed E-state index contributed by atoms with van der Waals surface area (Å²) in [5.74, 6) is -0.909. The minimum atomic E-state index is -0.790. The lowest BCUT2D eigenvalue weighted by molar-refractivity contribution is -0.167. The van der Waals surface area contributed by atoms with Crippen LogP contribution >= 0.6 is 0 Å². The molecule has 0 amide bonds. The lowest BCUT2D eigenvalue weighted by atomic mass is 10.0. The fourth-order valence-electron chi connectivity index (χ4n) is 8.81. The number of unbranched alkanes of at least 4 members (excludes halogenated alkanes) is 27. The topological polar surface area (TPSA) is 78.9 Å². The number of hydrogen-bond acceptors (Lipinski definition) is 6. The fourth-order valence-corrected chi connectivity index (χ4v) is 8.81. The quantitative estimate of drug-likeness (QED) is 0.0261. The Balaban J connectivity index is 4.14. The molecule has 0 aliphatic heterocycles. The Bertz CT molecular complexity index is 1620. The van der Waals surface area contributed by atoms with Crippen molar-refractivity contribution in [3.05, 3.63) is 122 Å². The third kappa shape index (κ3) is 62.7. The van der Waals surface area contributed by atoms with Crippen molar-refractivity contribution in [3.63, 3.8) is 0 Å². The second kappa shape index (κ2) is 65.3. The molecule has 0 saturated carbocycles. The Hall–Kier alpha value is -4.19. The van der Waals surface area contributed by atoms with E-state index in [0.717, 1.165) is 148 Å². The summed E-state index contributed by atoms with van der Waals surface area (Å²) in [6.07, 6.45) is 90.8. The Morgan fingerprint density at radius 1 is 0.269 bits per heavy atom. The molecule has 0 spiro atoms. The van der Waals surface area contributed by atoms with Gasteiger partial charge in [-0.25, -0.2) is 0 Å². The standard InChI is InChI=1S/C72H120O6/c1-4-7-10-13-16-19-22-24-26-27-28-29-30-31-32-33-34-35-36-37-38-39-40-41-42-43-44-45-47-48-50-53-56-59-62-65-71(74)77-68-69(67-76-70(73)64-61-58-55-52-21-18-15-12-9-6-3)78-72(75)66-63-60-57-54-51-49-46-25-23-20-17-14-11-8-5-2/h7,10,12,15-17,19-20,24-26,28-29,31-32,34-35,37-38,46,69H,4-6,8-9,11,13-14,18,21-23,27,30,33,36,39-45,47-68H2,1-3H3/b10-7-,15-12-,19-16-,20-17-,26-24-,29-28-,32-31-,35-34-,38-37-,46-25-. The van der Waals surface area contributed by atoms with Crippen LogP contribution in [0.15, 0.2) is 122 Å². The van der Waals surface area contributed by atoms with E-state index in [1.54, 1.807) is 0 Å². The first kappa shape index (κ1) is 73.8. The van der Waals surface area contributed by atoms with E-state index < -0.39 is 6.10 Å². The summed E-state index contributed by atoms with van der Waals surface area (Å²) >= 11 is 0. The van der Waals surface area contributed by atoms with E-state index in [1.165, 1.54) is 109 Å². The predicted octanol–water partition coefficient (Wildman–Crippen LogP) is 22.4. The largest absolute Gasteiger partial charge is 0.462 e. The SMILES string of the molecule is CC/C=C\C/C=C\C/C=C\C/C=C\C/C=C\C/C=C\C/C=C\CCCCCCCCCCCCCCCC(=O)OCC(COC(=O)CCCCCCC/C=C\CCC)OC(=O)CCCCCCC/C=C\C/C=C\CCCCC. The summed E-state index contributed by atoms with van der Waals surface area (Å²) in [7, 11) is 0. The lowest BCUT2D eigenvalue weighted by Crippen LogP contribution is -2.30. The molecule has 0 aromatic rings. The number of ether oxygens (including phenoxy) is 3. The van der Waals surface area contributed by atoms with Crippen molar-refractivity contribution >= 4 is 17.9 Å². The molecule has 0 heterocycles. The van der Waals surface area contributed by atoms with Gasteiger partial charge in [0.25, 0.3) is 0 Å². The third-order valence-electron chi connectivity index (χ3n) is 13.7. The van der Waals surface area contributed by atoms with Crippen molar-refractivity contribution in [2.24, 2.45) is 0 Å². The van der Waals surface area contributed by atoms with Crippen molar-refractivity contribution in [1.29, 1.82) is 0 Å². The van der Waals surface area contributed by atoms with Crippen molar-refractivity contribution in [1.82, 2.24) is 0 Å². The highest BCUT2D eigenvalue weighted by molar-refractivity contribution is 5.71. The van der Waals surface area contributed by atoms with Crippen LogP contribution in [0.5, 0.6) is 0 Å². The molecule has 0 aliphatic carbocycles. The summed E-state index contributed by atoms with van der Waals surface area (Å²) in [5, 5.41) is 0. The van der Waals surface area contributed by atoms with Gasteiger partial charge in [-0.1, -0.05) is 271 Å². The van der Waals surface area contributed by atoms with Gasteiger partial charge < -0.3 is 14.2 Å². The molecular weight excluding hydrogens is 961 g/mol. The van der Waals surface area contributed by atoms with Gasteiger partial charge in [0, 0.05) is 19.3 Å². The zero-order valence-corrected chi connectivity index (χ0v) is 50.9. The molecule has 444 valence electrons. The second-order valence-electron chi connectivity index (χ2n) is 21.3. The van der Waals surface area contributed by atoms with Gasteiger partial charge in [0.1, 0.15) is 13.2 Å². The van der Waals surface area contributed by atoms with Crippen LogP contribution in [0.1, 0.15) is 297 Å². The molecule has 0 bridgehead atoms. The zero-order valence-electron chi connectivity index (χ0n) is 50.9. The van der Waals surface area contributed by atoms with E-state index in [1.807, 2.05) is 0 Å². The molecule has 0 saturated heterocycles.